The summed E-state index contributed by atoms with van der Waals surface area (Å²) in [7, 11) is 0. The average molecular weight is 307 g/mol. The topological polar surface area (TPSA) is 48.1 Å². The highest BCUT2D eigenvalue weighted by atomic mass is 79.9. The second kappa shape index (κ2) is 5.50. The van der Waals surface area contributed by atoms with E-state index in [2.05, 4.69) is 20.9 Å². The third-order valence-electron chi connectivity index (χ3n) is 2.59. The lowest BCUT2D eigenvalue weighted by Crippen LogP contribution is -2.07. The number of aryl methyl sites for hydroxylation is 1. The third kappa shape index (κ3) is 2.89. The van der Waals surface area contributed by atoms with Gasteiger partial charge in [-0.05, 0) is 53.5 Å². The number of aromatic nitrogens is 1. The Morgan fingerprint density at radius 3 is 2.78 bits per heavy atom. The summed E-state index contributed by atoms with van der Waals surface area (Å²) in [5.74, 6) is 1.29. The Kier molecular flexibility index (Phi) is 3.99. The van der Waals surface area contributed by atoms with Crippen molar-refractivity contribution in [1.82, 2.24) is 4.98 Å². The molecule has 0 spiro atoms. The lowest BCUT2D eigenvalue weighted by atomic mass is 10.1. The number of pyridine rings is 1. The van der Waals surface area contributed by atoms with Gasteiger partial charge in [0.2, 0.25) is 5.88 Å². The van der Waals surface area contributed by atoms with Crippen LogP contribution in [0.25, 0.3) is 0 Å². The summed E-state index contributed by atoms with van der Waals surface area (Å²) >= 11 is 3.48. The van der Waals surface area contributed by atoms with Crippen LogP contribution in [0.5, 0.6) is 11.6 Å². The van der Waals surface area contributed by atoms with Crippen molar-refractivity contribution in [2.45, 2.75) is 19.9 Å². The number of halogens is 1. The molecule has 0 radical (unpaired) electrons. The maximum absolute atomic E-state index is 5.90. The van der Waals surface area contributed by atoms with Gasteiger partial charge in [0.15, 0.2) is 0 Å². The van der Waals surface area contributed by atoms with Gasteiger partial charge in [-0.2, -0.15) is 0 Å². The largest absolute Gasteiger partial charge is 0.437 e. The standard InChI is InChI=1S/C14H15BrN2O/c1-9-5-6-13(12(15)8-9)18-14-11(10(2)16)4-3-7-17-14/h3-8,10H,16H2,1-2H3/t10-/m1/s1. The van der Waals surface area contributed by atoms with Crippen LogP contribution >= 0.6 is 15.9 Å². The summed E-state index contributed by atoms with van der Waals surface area (Å²) in [6, 6.07) is 9.58. The number of hydrogen-bond acceptors (Lipinski definition) is 3. The van der Waals surface area contributed by atoms with Gasteiger partial charge in [0.25, 0.3) is 0 Å². The molecule has 0 aliphatic rings. The van der Waals surface area contributed by atoms with Crippen LogP contribution in [0, 0.1) is 6.92 Å². The lowest BCUT2D eigenvalue weighted by Gasteiger charge is -2.13. The fourth-order valence-electron chi connectivity index (χ4n) is 1.63. The Balaban J connectivity index is 2.34. The summed E-state index contributed by atoms with van der Waals surface area (Å²) in [5, 5.41) is 0. The van der Waals surface area contributed by atoms with Crippen LogP contribution < -0.4 is 10.5 Å². The zero-order valence-corrected chi connectivity index (χ0v) is 11.9. The summed E-state index contributed by atoms with van der Waals surface area (Å²) in [5.41, 5.74) is 7.96. The van der Waals surface area contributed by atoms with Crippen molar-refractivity contribution in [3.05, 3.63) is 52.1 Å². The second-order valence-corrected chi connectivity index (χ2v) is 5.08. The highest BCUT2D eigenvalue weighted by molar-refractivity contribution is 9.10. The molecule has 0 unspecified atom stereocenters. The molecular weight excluding hydrogens is 292 g/mol. The van der Waals surface area contributed by atoms with Gasteiger partial charge in [-0.3, -0.25) is 0 Å². The van der Waals surface area contributed by atoms with Gasteiger partial charge in [-0.25, -0.2) is 4.98 Å². The normalized spacial score (nSPS) is 12.2. The molecule has 18 heavy (non-hydrogen) atoms. The average Bonchev–Trinajstić information content (AvgIpc) is 2.33. The Morgan fingerprint density at radius 1 is 1.33 bits per heavy atom. The molecule has 4 heteroatoms. The Bertz CT molecular complexity index is 555. The van der Waals surface area contributed by atoms with E-state index in [0.717, 1.165) is 15.8 Å². The molecule has 94 valence electrons. The number of rotatable bonds is 3. The molecule has 0 saturated carbocycles. The van der Waals surface area contributed by atoms with Gasteiger partial charge in [-0.1, -0.05) is 12.1 Å². The van der Waals surface area contributed by atoms with Crippen LogP contribution in [0.1, 0.15) is 24.1 Å². The zero-order valence-electron chi connectivity index (χ0n) is 10.4. The molecule has 3 nitrogen and oxygen atoms in total. The molecule has 1 aromatic heterocycles. The number of hydrogen-bond donors (Lipinski definition) is 1. The van der Waals surface area contributed by atoms with Crippen LogP contribution in [-0.4, -0.2) is 4.98 Å². The smallest absolute Gasteiger partial charge is 0.224 e. The molecule has 1 atom stereocenters. The second-order valence-electron chi connectivity index (χ2n) is 4.22. The van der Waals surface area contributed by atoms with E-state index in [4.69, 9.17) is 10.5 Å². The summed E-state index contributed by atoms with van der Waals surface area (Å²) in [6.07, 6.45) is 1.70. The van der Waals surface area contributed by atoms with Crippen LogP contribution in [0.4, 0.5) is 0 Å². The van der Waals surface area contributed by atoms with E-state index in [0.29, 0.717) is 5.88 Å². The molecule has 0 saturated heterocycles. The van der Waals surface area contributed by atoms with E-state index in [-0.39, 0.29) is 6.04 Å². The van der Waals surface area contributed by atoms with Crippen molar-refractivity contribution < 1.29 is 4.74 Å². The maximum Gasteiger partial charge on any atom is 0.224 e. The van der Waals surface area contributed by atoms with E-state index in [1.54, 1.807) is 6.20 Å². The van der Waals surface area contributed by atoms with Crippen LogP contribution in [0.3, 0.4) is 0 Å². The first kappa shape index (κ1) is 13.1. The summed E-state index contributed by atoms with van der Waals surface area (Å²) in [6.45, 7) is 3.94. The van der Waals surface area contributed by atoms with Gasteiger partial charge >= 0.3 is 0 Å². The fraction of sp³-hybridized carbons (Fsp3) is 0.214. The molecule has 0 aliphatic heterocycles. The van der Waals surface area contributed by atoms with Crippen LogP contribution in [-0.2, 0) is 0 Å². The first-order valence-electron chi connectivity index (χ1n) is 5.72. The predicted molar refractivity (Wildman–Crippen MR) is 75.8 cm³/mol. The Labute approximate surface area is 115 Å². The Hall–Kier alpha value is -1.39. The maximum atomic E-state index is 5.90. The quantitative estimate of drug-likeness (QED) is 0.933. The number of ether oxygens (including phenoxy) is 1. The highest BCUT2D eigenvalue weighted by Gasteiger charge is 2.11. The molecule has 2 aromatic rings. The van der Waals surface area contributed by atoms with Crippen molar-refractivity contribution in [1.29, 1.82) is 0 Å². The SMILES string of the molecule is Cc1ccc(Oc2ncccc2[C@@H](C)N)c(Br)c1. The molecule has 0 aliphatic carbocycles. The van der Waals surface area contributed by atoms with Crippen molar-refractivity contribution in [3.8, 4) is 11.6 Å². The van der Waals surface area contributed by atoms with Gasteiger partial charge in [0.1, 0.15) is 5.75 Å². The molecule has 0 bridgehead atoms. The lowest BCUT2D eigenvalue weighted by molar-refractivity contribution is 0.449. The van der Waals surface area contributed by atoms with E-state index in [1.165, 1.54) is 5.56 Å². The Morgan fingerprint density at radius 2 is 2.11 bits per heavy atom. The monoisotopic (exact) mass is 306 g/mol. The van der Waals surface area contributed by atoms with Gasteiger partial charge < -0.3 is 10.5 Å². The minimum atomic E-state index is -0.113. The summed E-state index contributed by atoms with van der Waals surface area (Å²) in [4.78, 5) is 4.24. The molecule has 1 heterocycles. The van der Waals surface area contributed by atoms with Crippen molar-refractivity contribution in [3.63, 3.8) is 0 Å². The van der Waals surface area contributed by atoms with Crippen LogP contribution in [0.2, 0.25) is 0 Å². The van der Waals surface area contributed by atoms with E-state index < -0.39 is 0 Å². The first-order valence-corrected chi connectivity index (χ1v) is 6.51. The molecule has 0 fully saturated rings. The molecule has 2 rings (SSSR count). The van der Waals surface area contributed by atoms with Crippen molar-refractivity contribution in [2.75, 3.05) is 0 Å². The van der Waals surface area contributed by atoms with Gasteiger partial charge in [0, 0.05) is 17.8 Å². The van der Waals surface area contributed by atoms with E-state index in [1.807, 2.05) is 44.2 Å². The van der Waals surface area contributed by atoms with E-state index in [9.17, 15) is 0 Å². The molecule has 1 aromatic carbocycles. The first-order chi connectivity index (χ1) is 8.58. The molecular formula is C14H15BrN2O. The number of benzene rings is 1. The van der Waals surface area contributed by atoms with Gasteiger partial charge in [0.05, 0.1) is 4.47 Å². The van der Waals surface area contributed by atoms with Gasteiger partial charge in [-0.15, -0.1) is 0 Å². The third-order valence-corrected chi connectivity index (χ3v) is 3.20. The van der Waals surface area contributed by atoms with Crippen molar-refractivity contribution in [2.24, 2.45) is 5.73 Å². The molecule has 2 N–H and O–H groups in total. The highest BCUT2D eigenvalue weighted by Crippen LogP contribution is 2.32. The fourth-order valence-corrected chi connectivity index (χ4v) is 2.20. The summed E-state index contributed by atoms with van der Waals surface area (Å²) < 4.78 is 6.72. The minimum Gasteiger partial charge on any atom is -0.437 e. The van der Waals surface area contributed by atoms with Crippen LogP contribution in [0.15, 0.2) is 41.0 Å². The zero-order chi connectivity index (χ0) is 13.1. The molecule has 0 amide bonds. The minimum absolute atomic E-state index is 0.113. The van der Waals surface area contributed by atoms with E-state index >= 15 is 0 Å². The predicted octanol–water partition coefficient (Wildman–Crippen LogP) is 3.96. The number of nitrogens with two attached hydrogens (primary N) is 1. The number of nitrogens with zero attached hydrogens (tertiary/aromatic N) is 1. The van der Waals surface area contributed by atoms with Crippen molar-refractivity contribution >= 4 is 15.9 Å².